The summed E-state index contributed by atoms with van der Waals surface area (Å²) in [5, 5.41) is 10.7. The first-order valence-corrected chi connectivity index (χ1v) is 5.67. The number of hydrogen-bond acceptors (Lipinski definition) is 5. The number of hydrogen-bond donors (Lipinski definition) is 1. The van der Waals surface area contributed by atoms with Gasteiger partial charge < -0.3 is 10.5 Å². The number of esters is 1. The average Bonchev–Trinajstić information content (AvgIpc) is 2.31. The molecule has 0 fully saturated rings. The van der Waals surface area contributed by atoms with Gasteiger partial charge in [-0.3, -0.25) is 14.9 Å². The summed E-state index contributed by atoms with van der Waals surface area (Å²) < 4.78 is 4.73. The first-order valence-electron chi connectivity index (χ1n) is 5.67. The summed E-state index contributed by atoms with van der Waals surface area (Å²) in [4.78, 5) is 25.4. The SMILES string of the molecule is CCOC(=O)CC(N)=Nc1cc([N+](=O)[O-])ccc1C. The first-order chi connectivity index (χ1) is 8.93. The fraction of sp³-hybridized carbons (Fsp3) is 0.333. The second-order valence-corrected chi connectivity index (χ2v) is 3.81. The molecular formula is C12H15N3O4. The molecule has 0 bridgehead atoms. The monoisotopic (exact) mass is 265 g/mol. The fourth-order valence-electron chi connectivity index (χ4n) is 1.39. The van der Waals surface area contributed by atoms with Crippen LogP contribution in [0.5, 0.6) is 0 Å². The number of aliphatic imine (C=N–C) groups is 1. The normalized spacial score (nSPS) is 11.2. The van der Waals surface area contributed by atoms with E-state index in [2.05, 4.69) is 4.99 Å². The maximum atomic E-state index is 11.2. The zero-order chi connectivity index (χ0) is 14.4. The van der Waals surface area contributed by atoms with E-state index in [4.69, 9.17) is 10.5 Å². The van der Waals surface area contributed by atoms with E-state index in [1.54, 1.807) is 19.9 Å². The second kappa shape index (κ2) is 6.48. The number of carbonyl (C=O) groups excluding carboxylic acids is 1. The van der Waals surface area contributed by atoms with E-state index in [1.807, 2.05) is 0 Å². The van der Waals surface area contributed by atoms with Gasteiger partial charge in [0, 0.05) is 12.1 Å². The smallest absolute Gasteiger partial charge is 0.313 e. The minimum atomic E-state index is -0.514. The summed E-state index contributed by atoms with van der Waals surface area (Å²) in [5.74, 6) is -0.422. The van der Waals surface area contributed by atoms with Crippen LogP contribution in [-0.2, 0) is 9.53 Å². The van der Waals surface area contributed by atoms with Crippen molar-refractivity contribution in [2.24, 2.45) is 10.7 Å². The van der Waals surface area contributed by atoms with Crippen LogP contribution in [0.25, 0.3) is 0 Å². The molecule has 0 unspecified atom stereocenters. The van der Waals surface area contributed by atoms with Gasteiger partial charge in [-0.15, -0.1) is 0 Å². The van der Waals surface area contributed by atoms with Gasteiger partial charge in [-0.05, 0) is 19.4 Å². The lowest BCUT2D eigenvalue weighted by molar-refractivity contribution is -0.384. The molecule has 0 aliphatic rings. The van der Waals surface area contributed by atoms with Gasteiger partial charge in [0.2, 0.25) is 0 Å². The number of benzene rings is 1. The number of aryl methyl sites for hydroxylation is 1. The van der Waals surface area contributed by atoms with Crippen molar-refractivity contribution < 1.29 is 14.5 Å². The van der Waals surface area contributed by atoms with E-state index >= 15 is 0 Å². The zero-order valence-electron chi connectivity index (χ0n) is 10.8. The van der Waals surface area contributed by atoms with Crippen molar-refractivity contribution in [1.29, 1.82) is 0 Å². The quantitative estimate of drug-likeness (QED) is 0.287. The van der Waals surface area contributed by atoms with Crippen molar-refractivity contribution in [3.05, 3.63) is 33.9 Å². The largest absolute Gasteiger partial charge is 0.466 e. The molecule has 0 aliphatic carbocycles. The van der Waals surface area contributed by atoms with Gasteiger partial charge in [0.1, 0.15) is 12.3 Å². The molecule has 0 radical (unpaired) electrons. The predicted octanol–water partition coefficient (Wildman–Crippen LogP) is 1.85. The van der Waals surface area contributed by atoms with E-state index in [0.717, 1.165) is 5.56 Å². The minimum absolute atomic E-state index is 0.0575. The van der Waals surface area contributed by atoms with E-state index in [9.17, 15) is 14.9 Å². The van der Waals surface area contributed by atoms with Gasteiger partial charge in [0.05, 0.1) is 17.2 Å². The number of nitro benzene ring substituents is 1. The third-order valence-electron chi connectivity index (χ3n) is 2.30. The summed E-state index contributed by atoms with van der Waals surface area (Å²) >= 11 is 0. The van der Waals surface area contributed by atoms with Crippen LogP contribution in [0.15, 0.2) is 23.2 Å². The highest BCUT2D eigenvalue weighted by molar-refractivity contribution is 5.98. The Kier molecular flexibility index (Phi) is 4.99. The maximum Gasteiger partial charge on any atom is 0.313 e. The van der Waals surface area contributed by atoms with Crippen LogP contribution in [0, 0.1) is 17.0 Å². The highest BCUT2D eigenvalue weighted by Gasteiger charge is 2.10. The van der Waals surface area contributed by atoms with Gasteiger partial charge in [-0.2, -0.15) is 0 Å². The molecule has 2 N–H and O–H groups in total. The van der Waals surface area contributed by atoms with Crippen LogP contribution >= 0.6 is 0 Å². The van der Waals surface area contributed by atoms with Crippen molar-refractivity contribution in [2.45, 2.75) is 20.3 Å². The summed E-state index contributed by atoms with van der Waals surface area (Å²) in [7, 11) is 0. The molecule has 1 aromatic rings. The summed E-state index contributed by atoms with van der Waals surface area (Å²) in [6, 6.07) is 4.28. The van der Waals surface area contributed by atoms with Crippen molar-refractivity contribution >= 4 is 23.2 Å². The Bertz CT molecular complexity index is 526. The van der Waals surface area contributed by atoms with Crippen LogP contribution < -0.4 is 5.73 Å². The molecule has 0 spiro atoms. The molecule has 0 aliphatic heterocycles. The molecule has 7 heteroatoms. The van der Waals surface area contributed by atoms with Gasteiger partial charge in [-0.1, -0.05) is 6.07 Å². The van der Waals surface area contributed by atoms with E-state index in [-0.39, 0.29) is 24.6 Å². The third-order valence-corrected chi connectivity index (χ3v) is 2.30. The molecule has 1 rings (SSSR count). The number of nitrogens with zero attached hydrogens (tertiary/aromatic N) is 2. The number of amidine groups is 1. The topological polar surface area (TPSA) is 108 Å². The van der Waals surface area contributed by atoms with Crippen LogP contribution in [0.1, 0.15) is 18.9 Å². The van der Waals surface area contributed by atoms with Crippen molar-refractivity contribution in [1.82, 2.24) is 0 Å². The van der Waals surface area contributed by atoms with Gasteiger partial charge in [-0.25, -0.2) is 4.99 Å². The number of non-ortho nitro benzene ring substituents is 1. The minimum Gasteiger partial charge on any atom is -0.466 e. The van der Waals surface area contributed by atoms with Crippen LogP contribution in [-0.4, -0.2) is 23.3 Å². The zero-order valence-corrected chi connectivity index (χ0v) is 10.8. The number of carbonyl (C=O) groups is 1. The molecule has 1 aromatic carbocycles. The molecular weight excluding hydrogens is 250 g/mol. The lowest BCUT2D eigenvalue weighted by atomic mass is 10.2. The highest BCUT2D eigenvalue weighted by atomic mass is 16.6. The lowest BCUT2D eigenvalue weighted by Crippen LogP contribution is -2.18. The summed E-state index contributed by atoms with van der Waals surface area (Å²) in [6.07, 6.45) is -0.143. The molecule has 102 valence electrons. The maximum absolute atomic E-state index is 11.2. The fourth-order valence-corrected chi connectivity index (χ4v) is 1.39. The molecule has 0 atom stereocenters. The third kappa shape index (κ3) is 4.38. The molecule has 0 saturated carbocycles. The molecule has 0 amide bonds. The number of rotatable bonds is 5. The van der Waals surface area contributed by atoms with Gasteiger partial charge in [0.15, 0.2) is 0 Å². The lowest BCUT2D eigenvalue weighted by Gasteiger charge is -2.03. The summed E-state index contributed by atoms with van der Waals surface area (Å²) in [5.41, 5.74) is 6.64. The summed E-state index contributed by atoms with van der Waals surface area (Å²) in [6.45, 7) is 3.71. The van der Waals surface area contributed by atoms with E-state index < -0.39 is 10.9 Å². The molecule has 0 saturated heterocycles. The van der Waals surface area contributed by atoms with Crippen molar-refractivity contribution in [2.75, 3.05) is 6.61 Å². The molecule has 7 nitrogen and oxygen atoms in total. The number of nitrogens with two attached hydrogens (primary N) is 1. The number of nitro groups is 1. The Morgan fingerprint density at radius 1 is 1.53 bits per heavy atom. The van der Waals surface area contributed by atoms with Crippen LogP contribution in [0.3, 0.4) is 0 Å². The van der Waals surface area contributed by atoms with Crippen LogP contribution in [0.4, 0.5) is 11.4 Å². The highest BCUT2D eigenvalue weighted by Crippen LogP contribution is 2.24. The molecule has 0 aromatic heterocycles. The van der Waals surface area contributed by atoms with E-state index in [1.165, 1.54) is 12.1 Å². The first kappa shape index (κ1) is 14.6. The predicted molar refractivity (Wildman–Crippen MR) is 70.4 cm³/mol. The molecule has 0 heterocycles. The Hall–Kier alpha value is -2.44. The van der Waals surface area contributed by atoms with E-state index in [0.29, 0.717) is 5.69 Å². The average molecular weight is 265 g/mol. The van der Waals surface area contributed by atoms with Crippen molar-refractivity contribution in [3.8, 4) is 0 Å². The second-order valence-electron chi connectivity index (χ2n) is 3.81. The molecule has 19 heavy (non-hydrogen) atoms. The Labute approximate surface area is 110 Å². The van der Waals surface area contributed by atoms with Crippen molar-refractivity contribution in [3.63, 3.8) is 0 Å². The standard InChI is InChI=1S/C12H15N3O4/c1-3-19-12(16)7-11(13)14-10-6-9(15(17)18)5-4-8(10)2/h4-6H,3,7H2,1-2H3,(H2,13,14). The van der Waals surface area contributed by atoms with Gasteiger partial charge in [0.25, 0.3) is 5.69 Å². The van der Waals surface area contributed by atoms with Crippen LogP contribution in [0.2, 0.25) is 0 Å². The number of ether oxygens (including phenoxy) is 1. The Morgan fingerprint density at radius 3 is 2.79 bits per heavy atom. The Balaban J connectivity index is 2.93. The Morgan fingerprint density at radius 2 is 2.21 bits per heavy atom. The van der Waals surface area contributed by atoms with Gasteiger partial charge >= 0.3 is 5.97 Å².